The van der Waals surface area contributed by atoms with Crippen LogP contribution in [0.5, 0.6) is 5.75 Å². The lowest BCUT2D eigenvalue weighted by Gasteiger charge is -2.55. The minimum absolute atomic E-state index is 0.00211. The van der Waals surface area contributed by atoms with E-state index in [1.807, 2.05) is 0 Å². The predicted molar refractivity (Wildman–Crippen MR) is 78.4 cm³/mol. The molecule has 1 heterocycles. The molecule has 98 valence electrons. The molecule has 1 aliphatic heterocycles. The fourth-order valence-electron chi connectivity index (χ4n) is 3.81. The van der Waals surface area contributed by atoms with Crippen molar-refractivity contribution in [3.8, 4) is 5.75 Å². The standard InChI is InChI=1S/C16H21BrO/c1-15(2)13-10-11-6-4-5-7-12(11)18-16(13,3)9-8-14(15)17/h4-7,13-14H,8-10H2,1-3H3/t13-,14-,16-/m0/s1. The van der Waals surface area contributed by atoms with Gasteiger partial charge in [0.15, 0.2) is 0 Å². The van der Waals surface area contributed by atoms with Gasteiger partial charge in [-0.1, -0.05) is 48.0 Å². The van der Waals surface area contributed by atoms with Gasteiger partial charge in [0.2, 0.25) is 0 Å². The Kier molecular flexibility index (Phi) is 2.78. The fourth-order valence-corrected chi connectivity index (χ4v) is 4.36. The molecule has 3 atom stereocenters. The summed E-state index contributed by atoms with van der Waals surface area (Å²) in [6.07, 6.45) is 3.48. The molecule has 1 fully saturated rings. The molecule has 0 N–H and O–H groups in total. The Balaban J connectivity index is 2.04. The molecular formula is C16H21BrO. The first-order valence-electron chi connectivity index (χ1n) is 6.84. The van der Waals surface area contributed by atoms with Gasteiger partial charge in [-0.3, -0.25) is 0 Å². The van der Waals surface area contributed by atoms with Crippen molar-refractivity contribution in [2.75, 3.05) is 0 Å². The first-order chi connectivity index (χ1) is 8.43. The molecule has 0 spiro atoms. The zero-order valence-corrected chi connectivity index (χ0v) is 13.0. The summed E-state index contributed by atoms with van der Waals surface area (Å²) in [4.78, 5) is 0.594. The maximum atomic E-state index is 6.39. The van der Waals surface area contributed by atoms with Crippen molar-refractivity contribution < 1.29 is 4.74 Å². The van der Waals surface area contributed by atoms with E-state index < -0.39 is 0 Å². The van der Waals surface area contributed by atoms with Crippen LogP contribution in [0.1, 0.15) is 39.2 Å². The summed E-state index contributed by atoms with van der Waals surface area (Å²) >= 11 is 3.88. The van der Waals surface area contributed by atoms with Crippen LogP contribution in [-0.2, 0) is 6.42 Å². The maximum absolute atomic E-state index is 6.39. The van der Waals surface area contributed by atoms with E-state index >= 15 is 0 Å². The van der Waals surface area contributed by atoms with Gasteiger partial charge in [-0.15, -0.1) is 0 Å². The van der Waals surface area contributed by atoms with Crippen molar-refractivity contribution >= 4 is 15.9 Å². The van der Waals surface area contributed by atoms with Gasteiger partial charge in [0, 0.05) is 10.7 Å². The molecule has 0 unspecified atom stereocenters. The van der Waals surface area contributed by atoms with E-state index in [4.69, 9.17) is 4.74 Å². The third kappa shape index (κ3) is 1.72. The van der Waals surface area contributed by atoms with Crippen molar-refractivity contribution in [3.63, 3.8) is 0 Å². The van der Waals surface area contributed by atoms with Crippen LogP contribution in [-0.4, -0.2) is 10.4 Å². The minimum atomic E-state index is 0.00211. The van der Waals surface area contributed by atoms with E-state index in [2.05, 4.69) is 61.0 Å². The lowest BCUT2D eigenvalue weighted by atomic mass is 9.59. The van der Waals surface area contributed by atoms with E-state index in [0.29, 0.717) is 10.7 Å². The maximum Gasteiger partial charge on any atom is 0.123 e. The van der Waals surface area contributed by atoms with Gasteiger partial charge in [0.05, 0.1) is 0 Å². The second-order valence-electron chi connectivity index (χ2n) is 6.61. The second-order valence-corrected chi connectivity index (χ2v) is 7.71. The van der Waals surface area contributed by atoms with Crippen molar-refractivity contribution in [2.45, 2.75) is 50.5 Å². The van der Waals surface area contributed by atoms with E-state index in [0.717, 1.165) is 18.6 Å². The summed E-state index contributed by atoms with van der Waals surface area (Å²) in [5, 5.41) is 0. The van der Waals surface area contributed by atoms with Crippen LogP contribution in [0.25, 0.3) is 0 Å². The number of benzene rings is 1. The molecule has 0 radical (unpaired) electrons. The van der Waals surface area contributed by atoms with E-state index in [1.165, 1.54) is 12.0 Å². The highest BCUT2D eigenvalue weighted by Gasteiger charge is 2.53. The van der Waals surface area contributed by atoms with Crippen molar-refractivity contribution in [2.24, 2.45) is 11.3 Å². The van der Waals surface area contributed by atoms with E-state index in [9.17, 15) is 0 Å². The summed E-state index contributed by atoms with van der Waals surface area (Å²) in [5.41, 5.74) is 1.65. The van der Waals surface area contributed by atoms with Crippen molar-refractivity contribution in [1.82, 2.24) is 0 Å². The number of alkyl halides is 1. The number of hydrogen-bond donors (Lipinski definition) is 0. The highest BCUT2D eigenvalue weighted by molar-refractivity contribution is 9.09. The van der Waals surface area contributed by atoms with Crippen LogP contribution >= 0.6 is 15.9 Å². The monoisotopic (exact) mass is 308 g/mol. The molecule has 0 amide bonds. The number of fused-ring (bicyclic) bond motifs is 2. The van der Waals surface area contributed by atoms with Crippen LogP contribution < -0.4 is 4.74 Å². The third-order valence-corrected chi connectivity index (χ3v) is 6.71. The van der Waals surface area contributed by atoms with Crippen LogP contribution in [0.2, 0.25) is 0 Å². The normalized spacial score (nSPS) is 37.3. The SMILES string of the molecule is CC1(C)[C@@H](Br)CC[C@]2(C)Oc3ccccc3C[C@@H]12. The molecule has 1 aromatic rings. The average Bonchev–Trinajstić information content (AvgIpc) is 2.33. The summed E-state index contributed by atoms with van der Waals surface area (Å²) in [5.74, 6) is 1.68. The first-order valence-corrected chi connectivity index (χ1v) is 7.76. The quantitative estimate of drug-likeness (QED) is 0.637. The number of rotatable bonds is 0. The smallest absolute Gasteiger partial charge is 0.123 e. The molecular weight excluding hydrogens is 288 g/mol. The topological polar surface area (TPSA) is 9.23 Å². The minimum Gasteiger partial charge on any atom is -0.487 e. The molecule has 0 saturated heterocycles. The van der Waals surface area contributed by atoms with E-state index in [1.54, 1.807) is 0 Å². The number of halogens is 1. The van der Waals surface area contributed by atoms with Crippen LogP contribution in [0.4, 0.5) is 0 Å². The van der Waals surface area contributed by atoms with Crippen molar-refractivity contribution in [3.05, 3.63) is 29.8 Å². The van der Waals surface area contributed by atoms with Gasteiger partial charge < -0.3 is 4.74 Å². The largest absolute Gasteiger partial charge is 0.487 e. The van der Waals surface area contributed by atoms with Gasteiger partial charge in [-0.2, -0.15) is 0 Å². The van der Waals surface area contributed by atoms with Crippen molar-refractivity contribution in [1.29, 1.82) is 0 Å². The summed E-state index contributed by atoms with van der Waals surface area (Å²) in [6.45, 7) is 7.06. The zero-order chi connectivity index (χ0) is 13.0. The summed E-state index contributed by atoms with van der Waals surface area (Å²) < 4.78 is 6.39. The molecule has 18 heavy (non-hydrogen) atoms. The van der Waals surface area contributed by atoms with Gasteiger partial charge in [-0.25, -0.2) is 0 Å². The van der Waals surface area contributed by atoms with Gasteiger partial charge in [-0.05, 0) is 43.2 Å². The van der Waals surface area contributed by atoms with Crippen LogP contribution in [0, 0.1) is 11.3 Å². The third-order valence-electron chi connectivity index (χ3n) is 5.08. The average molecular weight is 309 g/mol. The van der Waals surface area contributed by atoms with E-state index in [-0.39, 0.29) is 11.0 Å². The molecule has 0 bridgehead atoms. The Hall–Kier alpha value is -0.500. The molecule has 3 rings (SSSR count). The molecule has 1 nitrogen and oxygen atoms in total. The van der Waals surface area contributed by atoms with Crippen LogP contribution in [0.15, 0.2) is 24.3 Å². The Labute approximate surface area is 118 Å². The zero-order valence-electron chi connectivity index (χ0n) is 11.4. The Morgan fingerprint density at radius 3 is 2.72 bits per heavy atom. The molecule has 1 aliphatic carbocycles. The second kappa shape index (κ2) is 4.00. The van der Waals surface area contributed by atoms with Gasteiger partial charge in [0.25, 0.3) is 0 Å². The number of hydrogen-bond acceptors (Lipinski definition) is 1. The fraction of sp³-hybridized carbons (Fsp3) is 0.625. The highest BCUT2D eigenvalue weighted by atomic mass is 79.9. The first kappa shape index (κ1) is 12.5. The lowest BCUT2D eigenvalue weighted by molar-refractivity contribution is -0.0772. The van der Waals surface area contributed by atoms with Gasteiger partial charge in [0.1, 0.15) is 11.4 Å². The molecule has 1 saturated carbocycles. The van der Waals surface area contributed by atoms with Gasteiger partial charge >= 0.3 is 0 Å². The predicted octanol–water partition coefficient (Wildman–Crippen LogP) is 4.58. The number of para-hydroxylation sites is 1. The lowest BCUT2D eigenvalue weighted by Crippen LogP contribution is -2.57. The summed E-state index contributed by atoms with van der Waals surface area (Å²) in [6, 6.07) is 8.52. The van der Waals surface area contributed by atoms with Crippen LogP contribution in [0.3, 0.4) is 0 Å². The Morgan fingerprint density at radius 2 is 1.94 bits per heavy atom. The molecule has 2 aliphatic rings. The molecule has 2 heteroatoms. The highest BCUT2D eigenvalue weighted by Crippen LogP contribution is 2.54. The number of ether oxygens (including phenoxy) is 1. The summed E-state index contributed by atoms with van der Waals surface area (Å²) in [7, 11) is 0. The Morgan fingerprint density at radius 1 is 1.22 bits per heavy atom. The molecule has 1 aromatic carbocycles. The molecule has 0 aromatic heterocycles. The Bertz CT molecular complexity index is 468.